The number of imidazole rings is 1. The number of nitrogens with one attached hydrogen (secondary N) is 1. The number of thiophene rings is 1. The third-order valence-corrected chi connectivity index (χ3v) is 9.94. The molecule has 0 spiro atoms. The summed E-state index contributed by atoms with van der Waals surface area (Å²) < 4.78 is 32.3. The summed E-state index contributed by atoms with van der Waals surface area (Å²) in [5.41, 5.74) is 7.03. The first-order chi connectivity index (χ1) is 18.4. The quantitative estimate of drug-likeness (QED) is 0.231. The summed E-state index contributed by atoms with van der Waals surface area (Å²) in [6.45, 7) is 12.4. The third kappa shape index (κ3) is 5.69. The van der Waals surface area contributed by atoms with Crippen molar-refractivity contribution in [1.82, 2.24) is 19.3 Å². The molecule has 0 bridgehead atoms. The van der Waals surface area contributed by atoms with E-state index in [1.807, 2.05) is 76.2 Å². The number of sulfonamides is 1. The number of hydrogen-bond acceptors (Lipinski definition) is 5. The van der Waals surface area contributed by atoms with Gasteiger partial charge in [0.1, 0.15) is 15.6 Å². The number of nitrogens with zero attached hydrogens (tertiary/aromatic N) is 3. The molecule has 5 aromatic rings. The second-order valence-corrected chi connectivity index (χ2v) is 13.9. The Morgan fingerprint density at radius 3 is 2.26 bits per heavy atom. The lowest BCUT2D eigenvalue weighted by Crippen LogP contribution is -2.40. The molecule has 0 aliphatic rings. The van der Waals surface area contributed by atoms with E-state index in [2.05, 4.69) is 41.3 Å². The molecule has 3 aromatic heterocycles. The predicted molar refractivity (Wildman–Crippen MR) is 161 cm³/mol. The van der Waals surface area contributed by atoms with Crippen LogP contribution in [0.1, 0.15) is 50.3 Å². The van der Waals surface area contributed by atoms with E-state index >= 15 is 0 Å². The van der Waals surface area contributed by atoms with Gasteiger partial charge in [-0.25, -0.2) is 23.1 Å². The van der Waals surface area contributed by atoms with Crippen LogP contribution in [0.25, 0.3) is 32.7 Å². The first kappa shape index (κ1) is 27.2. The normalized spacial score (nSPS) is 12.4. The van der Waals surface area contributed by atoms with Gasteiger partial charge in [-0.05, 0) is 69.0 Å². The van der Waals surface area contributed by atoms with Gasteiger partial charge >= 0.3 is 0 Å². The van der Waals surface area contributed by atoms with Gasteiger partial charge in [-0.1, -0.05) is 61.5 Å². The van der Waals surface area contributed by atoms with Crippen molar-refractivity contribution in [3.05, 3.63) is 89.4 Å². The molecular weight excluding hydrogens is 525 g/mol. The van der Waals surface area contributed by atoms with Gasteiger partial charge in [0.05, 0.1) is 6.54 Å². The summed E-state index contributed by atoms with van der Waals surface area (Å²) >= 11 is 1.30. The molecule has 0 atom stereocenters. The van der Waals surface area contributed by atoms with E-state index in [9.17, 15) is 8.42 Å². The molecule has 2 aromatic carbocycles. The molecule has 0 radical (unpaired) electrons. The lowest BCUT2D eigenvalue weighted by Gasteiger charge is -2.20. The fourth-order valence-corrected chi connectivity index (χ4v) is 7.94. The summed E-state index contributed by atoms with van der Waals surface area (Å²) in [6, 6.07) is 22.1. The van der Waals surface area contributed by atoms with Crippen LogP contribution in [0.3, 0.4) is 0 Å². The minimum atomic E-state index is -3.73. The van der Waals surface area contributed by atoms with E-state index in [0.29, 0.717) is 16.3 Å². The smallest absolute Gasteiger partial charge is 0.251 e. The van der Waals surface area contributed by atoms with Crippen molar-refractivity contribution in [3.8, 4) is 21.6 Å². The SMILES string of the molecule is CCc1nc2c(C)cc(C)nc2n1Cc1ccc(-c2cc(-c3ccccc3)sc2S(=O)(=O)NC(C)(C)C)cc1. The molecule has 202 valence electrons. The number of fused-ring (bicyclic) bond motifs is 1. The van der Waals surface area contributed by atoms with Crippen LogP contribution in [-0.4, -0.2) is 28.5 Å². The zero-order valence-electron chi connectivity index (χ0n) is 23.2. The van der Waals surface area contributed by atoms with Crippen LogP contribution in [0.4, 0.5) is 0 Å². The Morgan fingerprint density at radius 2 is 1.62 bits per heavy atom. The van der Waals surface area contributed by atoms with E-state index in [-0.39, 0.29) is 0 Å². The van der Waals surface area contributed by atoms with Gasteiger partial charge in [0, 0.05) is 28.1 Å². The highest BCUT2D eigenvalue weighted by Gasteiger charge is 2.28. The van der Waals surface area contributed by atoms with Crippen molar-refractivity contribution in [2.75, 3.05) is 0 Å². The molecule has 0 unspecified atom stereocenters. The Morgan fingerprint density at radius 1 is 0.923 bits per heavy atom. The second-order valence-electron chi connectivity index (χ2n) is 11.0. The molecule has 8 heteroatoms. The van der Waals surface area contributed by atoms with Crippen LogP contribution in [0, 0.1) is 13.8 Å². The van der Waals surface area contributed by atoms with Gasteiger partial charge < -0.3 is 4.57 Å². The van der Waals surface area contributed by atoms with Gasteiger partial charge in [0.15, 0.2) is 5.65 Å². The highest BCUT2D eigenvalue weighted by molar-refractivity contribution is 7.91. The standard InChI is InChI=1S/C31H34N4O2S2/c1-7-27-33-28-20(2)17-21(3)32-29(28)35(27)19-22-13-15-23(16-14-22)25-18-26(24-11-9-8-10-12-24)38-30(25)39(36,37)34-31(4,5)6/h8-18,34H,7,19H2,1-6H3. The van der Waals surface area contributed by atoms with Crippen molar-refractivity contribution >= 4 is 32.5 Å². The maximum Gasteiger partial charge on any atom is 0.251 e. The van der Waals surface area contributed by atoms with Gasteiger partial charge in [0.2, 0.25) is 0 Å². The average Bonchev–Trinajstić information content (AvgIpc) is 3.47. The van der Waals surface area contributed by atoms with Crippen molar-refractivity contribution in [2.24, 2.45) is 0 Å². The molecule has 5 rings (SSSR count). The molecule has 0 saturated carbocycles. The molecule has 0 fully saturated rings. The Kier molecular flexibility index (Phi) is 7.22. The van der Waals surface area contributed by atoms with Crippen molar-refractivity contribution < 1.29 is 8.42 Å². The number of aromatic nitrogens is 3. The minimum Gasteiger partial charge on any atom is -0.308 e. The van der Waals surface area contributed by atoms with E-state index < -0.39 is 15.6 Å². The summed E-state index contributed by atoms with van der Waals surface area (Å²) in [4.78, 5) is 10.6. The Hall–Kier alpha value is -3.33. The summed E-state index contributed by atoms with van der Waals surface area (Å²) in [7, 11) is -3.73. The van der Waals surface area contributed by atoms with Crippen LogP contribution in [0.2, 0.25) is 0 Å². The highest BCUT2D eigenvalue weighted by Crippen LogP contribution is 2.40. The van der Waals surface area contributed by atoms with E-state index in [1.54, 1.807) is 0 Å². The zero-order valence-corrected chi connectivity index (χ0v) is 24.9. The van der Waals surface area contributed by atoms with Gasteiger partial charge in [0.25, 0.3) is 10.0 Å². The van der Waals surface area contributed by atoms with E-state index in [4.69, 9.17) is 9.97 Å². The Balaban J connectivity index is 1.54. The van der Waals surface area contributed by atoms with Crippen LogP contribution in [0.5, 0.6) is 0 Å². The molecule has 39 heavy (non-hydrogen) atoms. The molecule has 0 aliphatic heterocycles. The van der Waals surface area contributed by atoms with Crippen LogP contribution in [-0.2, 0) is 23.0 Å². The van der Waals surface area contributed by atoms with Crippen LogP contribution >= 0.6 is 11.3 Å². The van der Waals surface area contributed by atoms with Gasteiger partial charge in [-0.15, -0.1) is 11.3 Å². The van der Waals surface area contributed by atoms with Gasteiger partial charge in [-0.2, -0.15) is 0 Å². The Bertz CT molecular complexity index is 1740. The number of hydrogen-bond donors (Lipinski definition) is 1. The first-order valence-electron chi connectivity index (χ1n) is 13.1. The summed E-state index contributed by atoms with van der Waals surface area (Å²) in [6.07, 6.45) is 0.812. The minimum absolute atomic E-state index is 0.327. The van der Waals surface area contributed by atoms with Gasteiger partial charge in [-0.3, -0.25) is 0 Å². The van der Waals surface area contributed by atoms with Crippen molar-refractivity contribution in [1.29, 1.82) is 0 Å². The van der Waals surface area contributed by atoms with Crippen molar-refractivity contribution in [2.45, 2.75) is 64.3 Å². The lowest BCUT2D eigenvalue weighted by molar-refractivity contribution is 0.493. The number of pyridine rings is 1. The Labute approximate surface area is 234 Å². The van der Waals surface area contributed by atoms with E-state index in [0.717, 1.165) is 56.2 Å². The predicted octanol–water partition coefficient (Wildman–Crippen LogP) is 7.13. The maximum atomic E-state index is 13.5. The molecular formula is C31H34N4O2S2. The number of aryl methyl sites for hydroxylation is 3. The van der Waals surface area contributed by atoms with Crippen LogP contribution in [0.15, 0.2) is 70.9 Å². The zero-order chi connectivity index (χ0) is 27.9. The summed E-state index contributed by atoms with van der Waals surface area (Å²) in [5.74, 6) is 1.00. The van der Waals surface area contributed by atoms with E-state index in [1.165, 1.54) is 11.3 Å². The van der Waals surface area contributed by atoms with Crippen LogP contribution < -0.4 is 4.72 Å². The molecule has 0 saturated heterocycles. The second kappa shape index (κ2) is 10.3. The monoisotopic (exact) mass is 558 g/mol. The fourth-order valence-electron chi connectivity index (χ4n) is 4.83. The average molecular weight is 559 g/mol. The number of benzene rings is 2. The summed E-state index contributed by atoms with van der Waals surface area (Å²) in [5, 5.41) is 0. The molecule has 3 heterocycles. The highest BCUT2D eigenvalue weighted by atomic mass is 32.2. The molecule has 1 N–H and O–H groups in total. The first-order valence-corrected chi connectivity index (χ1v) is 15.4. The number of rotatable bonds is 7. The molecule has 0 aliphatic carbocycles. The fraction of sp³-hybridized carbons (Fsp3) is 0.290. The largest absolute Gasteiger partial charge is 0.308 e. The molecule has 6 nitrogen and oxygen atoms in total. The van der Waals surface area contributed by atoms with Crippen molar-refractivity contribution in [3.63, 3.8) is 0 Å². The topological polar surface area (TPSA) is 76.9 Å². The maximum absolute atomic E-state index is 13.5. The molecule has 0 amide bonds. The lowest BCUT2D eigenvalue weighted by atomic mass is 10.1. The third-order valence-electron chi connectivity index (χ3n) is 6.46.